The number of rotatable bonds is 3. The van der Waals surface area contributed by atoms with Crippen molar-refractivity contribution in [1.29, 1.82) is 0 Å². The highest BCUT2D eigenvalue weighted by Crippen LogP contribution is 2.16. The van der Waals surface area contributed by atoms with Crippen molar-refractivity contribution in [3.05, 3.63) is 54.5 Å². The monoisotopic (exact) mass is 295 g/mol. The number of carbonyl (C=O) groups excluding carboxylic acids is 2. The number of nitrogens with zero attached hydrogens (tertiary/aromatic N) is 3. The van der Waals surface area contributed by atoms with Gasteiger partial charge in [0, 0.05) is 30.6 Å². The molecular formula is C15H13N5O2. The Balaban J connectivity index is 1.85. The van der Waals surface area contributed by atoms with Crippen molar-refractivity contribution in [2.24, 2.45) is 0 Å². The molecule has 22 heavy (non-hydrogen) atoms. The van der Waals surface area contributed by atoms with Crippen LogP contribution in [-0.2, 0) is 4.79 Å². The van der Waals surface area contributed by atoms with Crippen molar-refractivity contribution in [3.8, 4) is 0 Å². The van der Waals surface area contributed by atoms with E-state index in [-0.39, 0.29) is 11.8 Å². The zero-order valence-corrected chi connectivity index (χ0v) is 11.8. The van der Waals surface area contributed by atoms with Crippen molar-refractivity contribution in [2.75, 3.05) is 10.6 Å². The number of nitrogens with one attached hydrogen (secondary N) is 2. The first kappa shape index (κ1) is 13.7. The van der Waals surface area contributed by atoms with Crippen LogP contribution in [0.1, 0.15) is 17.4 Å². The van der Waals surface area contributed by atoms with E-state index in [4.69, 9.17) is 0 Å². The Hall–Kier alpha value is -3.22. The van der Waals surface area contributed by atoms with Crippen LogP contribution in [0.25, 0.3) is 5.65 Å². The van der Waals surface area contributed by atoms with E-state index in [1.165, 1.54) is 11.4 Å². The van der Waals surface area contributed by atoms with Crippen LogP contribution in [0.5, 0.6) is 0 Å². The number of benzene rings is 1. The Morgan fingerprint density at radius 2 is 1.82 bits per heavy atom. The molecule has 0 aliphatic carbocycles. The molecule has 0 atom stereocenters. The van der Waals surface area contributed by atoms with Crippen LogP contribution in [-0.4, -0.2) is 26.4 Å². The van der Waals surface area contributed by atoms with Crippen LogP contribution in [0.4, 0.5) is 11.4 Å². The molecule has 0 unspecified atom stereocenters. The van der Waals surface area contributed by atoms with Crippen molar-refractivity contribution >= 4 is 28.8 Å². The summed E-state index contributed by atoms with van der Waals surface area (Å²) in [4.78, 5) is 27.6. The molecule has 3 aromatic rings. The standard InChI is InChI=1S/C15H13N5O2/c1-10(21)18-11-3-2-4-12(9-11)19-15(22)13-5-7-16-14-6-8-17-20(13)14/h2-9H,1H3,(H,18,21)(H,19,22). The average Bonchev–Trinajstić information content (AvgIpc) is 2.95. The van der Waals surface area contributed by atoms with Gasteiger partial charge in [0.15, 0.2) is 5.65 Å². The smallest absolute Gasteiger partial charge is 0.274 e. The number of carbonyl (C=O) groups is 2. The van der Waals surface area contributed by atoms with Crippen LogP contribution in [0.15, 0.2) is 48.8 Å². The molecule has 0 spiro atoms. The second-order valence-corrected chi connectivity index (χ2v) is 4.65. The average molecular weight is 295 g/mol. The Kier molecular flexibility index (Phi) is 3.53. The summed E-state index contributed by atoms with van der Waals surface area (Å²) < 4.78 is 1.47. The summed E-state index contributed by atoms with van der Waals surface area (Å²) in [6.45, 7) is 1.43. The van der Waals surface area contributed by atoms with Gasteiger partial charge >= 0.3 is 0 Å². The fourth-order valence-electron chi connectivity index (χ4n) is 2.08. The topological polar surface area (TPSA) is 88.4 Å². The molecule has 0 radical (unpaired) electrons. The number of hydrogen-bond acceptors (Lipinski definition) is 4. The maximum atomic E-state index is 12.4. The van der Waals surface area contributed by atoms with E-state index in [1.807, 2.05) is 0 Å². The third kappa shape index (κ3) is 2.78. The van der Waals surface area contributed by atoms with Crippen molar-refractivity contribution in [1.82, 2.24) is 14.6 Å². The molecule has 0 saturated heterocycles. The zero-order chi connectivity index (χ0) is 15.5. The van der Waals surface area contributed by atoms with E-state index >= 15 is 0 Å². The Bertz CT molecular complexity index is 856. The van der Waals surface area contributed by atoms with Gasteiger partial charge in [0.1, 0.15) is 5.69 Å². The van der Waals surface area contributed by atoms with Crippen molar-refractivity contribution in [3.63, 3.8) is 0 Å². The third-order valence-corrected chi connectivity index (χ3v) is 2.96. The molecule has 1 aromatic carbocycles. The lowest BCUT2D eigenvalue weighted by atomic mass is 10.2. The minimum atomic E-state index is -0.309. The lowest BCUT2D eigenvalue weighted by Crippen LogP contribution is -2.17. The van der Waals surface area contributed by atoms with Crippen LogP contribution >= 0.6 is 0 Å². The zero-order valence-electron chi connectivity index (χ0n) is 11.8. The molecule has 0 bridgehead atoms. The SMILES string of the molecule is CC(=O)Nc1cccc(NC(=O)c2ccnc3ccnn23)c1. The predicted octanol–water partition coefficient (Wildman–Crippen LogP) is 1.94. The van der Waals surface area contributed by atoms with Gasteiger partial charge in [0.25, 0.3) is 5.91 Å². The van der Waals surface area contributed by atoms with Crippen LogP contribution in [0, 0.1) is 0 Å². The second kappa shape index (κ2) is 5.65. The summed E-state index contributed by atoms with van der Waals surface area (Å²) >= 11 is 0. The maximum Gasteiger partial charge on any atom is 0.274 e. The Labute approximate surface area is 126 Å². The van der Waals surface area contributed by atoms with E-state index in [2.05, 4.69) is 20.7 Å². The van der Waals surface area contributed by atoms with Gasteiger partial charge in [-0.3, -0.25) is 9.59 Å². The molecule has 3 rings (SSSR count). The number of hydrogen-bond donors (Lipinski definition) is 2. The summed E-state index contributed by atoms with van der Waals surface area (Å²) in [5.74, 6) is -0.480. The third-order valence-electron chi connectivity index (χ3n) is 2.96. The Morgan fingerprint density at radius 3 is 2.59 bits per heavy atom. The van der Waals surface area contributed by atoms with Gasteiger partial charge in [0.05, 0.1) is 6.20 Å². The molecule has 2 amide bonds. The van der Waals surface area contributed by atoms with Gasteiger partial charge < -0.3 is 10.6 Å². The summed E-state index contributed by atoms with van der Waals surface area (Å²) in [6.07, 6.45) is 3.14. The molecule has 2 heterocycles. The first-order chi connectivity index (χ1) is 10.6. The van der Waals surface area contributed by atoms with Crippen LogP contribution < -0.4 is 10.6 Å². The lowest BCUT2D eigenvalue weighted by molar-refractivity contribution is -0.114. The molecule has 2 N–H and O–H groups in total. The number of amides is 2. The fraction of sp³-hybridized carbons (Fsp3) is 0.0667. The van der Waals surface area contributed by atoms with E-state index in [0.29, 0.717) is 22.7 Å². The van der Waals surface area contributed by atoms with Gasteiger partial charge in [-0.25, -0.2) is 9.50 Å². The summed E-state index contributed by atoms with van der Waals surface area (Å²) in [7, 11) is 0. The minimum Gasteiger partial charge on any atom is -0.326 e. The first-order valence-electron chi connectivity index (χ1n) is 6.61. The lowest BCUT2D eigenvalue weighted by Gasteiger charge is -2.08. The van der Waals surface area contributed by atoms with Gasteiger partial charge in [0.2, 0.25) is 5.91 Å². The van der Waals surface area contributed by atoms with Crippen LogP contribution in [0.3, 0.4) is 0 Å². The second-order valence-electron chi connectivity index (χ2n) is 4.65. The van der Waals surface area contributed by atoms with E-state index in [0.717, 1.165) is 0 Å². The number of anilines is 2. The van der Waals surface area contributed by atoms with Gasteiger partial charge in [-0.05, 0) is 24.3 Å². The van der Waals surface area contributed by atoms with Crippen LogP contribution in [0.2, 0.25) is 0 Å². The van der Waals surface area contributed by atoms with Gasteiger partial charge in [-0.2, -0.15) is 5.10 Å². The summed E-state index contributed by atoms with van der Waals surface area (Å²) in [6, 6.07) is 10.2. The number of aromatic nitrogens is 3. The highest BCUT2D eigenvalue weighted by atomic mass is 16.2. The van der Waals surface area contributed by atoms with E-state index < -0.39 is 0 Å². The molecule has 7 nitrogen and oxygen atoms in total. The van der Waals surface area contributed by atoms with Crippen molar-refractivity contribution in [2.45, 2.75) is 6.92 Å². The maximum absolute atomic E-state index is 12.4. The molecule has 0 fully saturated rings. The fourth-order valence-corrected chi connectivity index (χ4v) is 2.08. The quantitative estimate of drug-likeness (QED) is 0.773. The molecule has 110 valence electrons. The summed E-state index contributed by atoms with van der Waals surface area (Å²) in [5, 5.41) is 9.52. The molecular weight excluding hydrogens is 282 g/mol. The van der Waals surface area contributed by atoms with E-state index in [1.54, 1.807) is 48.8 Å². The summed E-state index contributed by atoms with van der Waals surface area (Å²) in [5.41, 5.74) is 2.16. The molecule has 0 aliphatic heterocycles. The molecule has 0 aliphatic rings. The first-order valence-corrected chi connectivity index (χ1v) is 6.61. The number of fused-ring (bicyclic) bond motifs is 1. The normalized spacial score (nSPS) is 10.4. The van der Waals surface area contributed by atoms with Crippen molar-refractivity contribution < 1.29 is 9.59 Å². The highest BCUT2D eigenvalue weighted by Gasteiger charge is 2.11. The van der Waals surface area contributed by atoms with Gasteiger partial charge in [-0.15, -0.1) is 0 Å². The molecule has 2 aromatic heterocycles. The highest BCUT2D eigenvalue weighted by molar-refractivity contribution is 6.03. The van der Waals surface area contributed by atoms with E-state index in [9.17, 15) is 9.59 Å². The largest absolute Gasteiger partial charge is 0.326 e. The minimum absolute atomic E-state index is 0.171. The molecule has 0 saturated carbocycles. The Morgan fingerprint density at radius 1 is 1.05 bits per heavy atom. The predicted molar refractivity (Wildman–Crippen MR) is 81.7 cm³/mol. The van der Waals surface area contributed by atoms with Gasteiger partial charge in [-0.1, -0.05) is 6.07 Å². The molecule has 7 heteroatoms.